The van der Waals surface area contributed by atoms with Crippen LogP contribution >= 0.6 is 0 Å². The third kappa shape index (κ3) is 3.84. The molecule has 4 rings (SSSR count). The molecule has 1 heteroatoms. The third-order valence-electron chi connectivity index (χ3n) is 5.14. The molecule has 3 aromatic carbocycles. The van der Waals surface area contributed by atoms with Gasteiger partial charge >= 0.3 is 0 Å². The van der Waals surface area contributed by atoms with Gasteiger partial charge in [0.2, 0.25) is 0 Å². The van der Waals surface area contributed by atoms with Crippen LogP contribution in [0, 0.1) is 19.8 Å². The highest BCUT2D eigenvalue weighted by Gasteiger charge is 2.10. The van der Waals surface area contributed by atoms with Crippen molar-refractivity contribution in [1.82, 2.24) is 4.98 Å². The molecule has 0 bridgehead atoms. The predicted molar refractivity (Wildman–Crippen MR) is 121 cm³/mol. The molecule has 1 nitrogen and oxygen atoms in total. The van der Waals surface area contributed by atoms with Crippen molar-refractivity contribution in [3.8, 4) is 22.4 Å². The van der Waals surface area contributed by atoms with E-state index in [0.29, 0.717) is 5.92 Å². The maximum absolute atomic E-state index is 4.97. The molecule has 1 aromatic heterocycles. The largest absolute Gasteiger partial charge is 0.248 e. The van der Waals surface area contributed by atoms with Crippen molar-refractivity contribution in [3.63, 3.8) is 0 Å². The van der Waals surface area contributed by atoms with Gasteiger partial charge in [-0.25, -0.2) is 4.98 Å². The van der Waals surface area contributed by atoms with Crippen LogP contribution in [0.25, 0.3) is 33.3 Å². The van der Waals surface area contributed by atoms with Crippen molar-refractivity contribution in [3.05, 3.63) is 89.5 Å². The molecule has 0 radical (unpaired) electrons. The van der Waals surface area contributed by atoms with E-state index < -0.39 is 0 Å². The van der Waals surface area contributed by atoms with E-state index >= 15 is 0 Å². The fourth-order valence-electron chi connectivity index (χ4n) is 3.98. The summed E-state index contributed by atoms with van der Waals surface area (Å²) in [7, 11) is 0. The number of nitrogens with zero attached hydrogens (tertiary/aromatic N) is 1. The summed E-state index contributed by atoms with van der Waals surface area (Å²) in [6.07, 6.45) is 1.12. The third-order valence-corrected chi connectivity index (χ3v) is 5.14. The first-order valence-corrected chi connectivity index (χ1v) is 10.1. The molecule has 0 saturated carbocycles. The number of rotatable bonds is 4. The summed E-state index contributed by atoms with van der Waals surface area (Å²) in [5.74, 6) is 0.670. The van der Waals surface area contributed by atoms with E-state index in [1.54, 1.807) is 0 Å². The van der Waals surface area contributed by atoms with Crippen molar-refractivity contribution in [2.45, 2.75) is 34.1 Å². The summed E-state index contributed by atoms with van der Waals surface area (Å²) in [6, 6.07) is 26.4. The first-order chi connectivity index (χ1) is 13.5. The predicted octanol–water partition coefficient (Wildman–Crippen LogP) is 7.38. The highest BCUT2D eigenvalue weighted by atomic mass is 14.7. The quantitative estimate of drug-likeness (QED) is 0.367. The average Bonchev–Trinajstić information content (AvgIpc) is 2.66. The lowest BCUT2D eigenvalue weighted by molar-refractivity contribution is 0.647. The first-order valence-electron chi connectivity index (χ1n) is 10.1. The Hall–Kier alpha value is -2.93. The van der Waals surface area contributed by atoms with E-state index in [1.165, 1.54) is 38.8 Å². The van der Waals surface area contributed by atoms with Gasteiger partial charge in [0.05, 0.1) is 11.2 Å². The maximum atomic E-state index is 4.97. The van der Waals surface area contributed by atoms with Gasteiger partial charge in [0.25, 0.3) is 0 Å². The topological polar surface area (TPSA) is 12.9 Å². The number of para-hydroxylation sites is 1. The van der Waals surface area contributed by atoms with Crippen LogP contribution in [0.15, 0.2) is 72.8 Å². The van der Waals surface area contributed by atoms with Crippen LogP contribution < -0.4 is 0 Å². The zero-order chi connectivity index (χ0) is 19.7. The van der Waals surface area contributed by atoms with Gasteiger partial charge in [0.1, 0.15) is 0 Å². The molecule has 0 spiro atoms. The van der Waals surface area contributed by atoms with Crippen LogP contribution in [0.1, 0.15) is 30.5 Å². The summed E-state index contributed by atoms with van der Waals surface area (Å²) < 4.78 is 0. The fourth-order valence-corrected chi connectivity index (χ4v) is 3.98. The molecular formula is C27H27N. The van der Waals surface area contributed by atoms with E-state index in [-0.39, 0.29) is 0 Å². The molecule has 140 valence electrons. The highest BCUT2D eigenvalue weighted by molar-refractivity contribution is 5.96. The summed E-state index contributed by atoms with van der Waals surface area (Å²) in [5, 5.41) is 1.20. The number of fused-ring (bicyclic) bond motifs is 1. The van der Waals surface area contributed by atoms with Gasteiger partial charge in [0, 0.05) is 10.9 Å². The molecule has 28 heavy (non-hydrogen) atoms. The van der Waals surface area contributed by atoms with Crippen molar-refractivity contribution in [2.24, 2.45) is 5.92 Å². The summed E-state index contributed by atoms with van der Waals surface area (Å²) >= 11 is 0. The molecular weight excluding hydrogens is 338 g/mol. The Kier molecular flexibility index (Phi) is 5.00. The molecule has 0 unspecified atom stereocenters. The lowest BCUT2D eigenvalue weighted by Gasteiger charge is -2.12. The van der Waals surface area contributed by atoms with Gasteiger partial charge in [-0.1, -0.05) is 73.5 Å². The fraction of sp³-hybridized carbons (Fsp3) is 0.222. The Bertz CT molecular complexity index is 1100. The van der Waals surface area contributed by atoms with Crippen molar-refractivity contribution in [1.29, 1.82) is 0 Å². The lowest BCUT2D eigenvalue weighted by Crippen LogP contribution is -1.94. The van der Waals surface area contributed by atoms with Gasteiger partial charge in [-0.3, -0.25) is 0 Å². The van der Waals surface area contributed by atoms with Gasteiger partial charge in [-0.05, 0) is 67.1 Å². The second kappa shape index (κ2) is 7.59. The summed E-state index contributed by atoms with van der Waals surface area (Å²) in [5.41, 5.74) is 9.68. The molecule has 1 heterocycles. The first kappa shape index (κ1) is 18.4. The molecule has 0 aliphatic heterocycles. The molecule has 0 fully saturated rings. The van der Waals surface area contributed by atoms with E-state index in [2.05, 4.69) is 100 Å². The summed E-state index contributed by atoms with van der Waals surface area (Å²) in [6.45, 7) is 8.82. The maximum Gasteiger partial charge on any atom is 0.0716 e. The number of hydrogen-bond acceptors (Lipinski definition) is 1. The van der Waals surface area contributed by atoms with Gasteiger partial charge in [-0.2, -0.15) is 0 Å². The second-order valence-electron chi connectivity index (χ2n) is 8.24. The Morgan fingerprint density at radius 3 is 2.11 bits per heavy atom. The average molecular weight is 366 g/mol. The number of pyridine rings is 1. The minimum atomic E-state index is 0.670. The SMILES string of the molecule is Cc1cc(C)cc(-c2cc(-c3ccc(CC(C)C)cc3)c3ccccc3n2)c1. The smallest absolute Gasteiger partial charge is 0.0716 e. The van der Waals surface area contributed by atoms with Gasteiger partial charge in [0.15, 0.2) is 0 Å². The zero-order valence-electron chi connectivity index (χ0n) is 17.2. The zero-order valence-corrected chi connectivity index (χ0v) is 17.2. The minimum absolute atomic E-state index is 0.670. The molecule has 0 amide bonds. The normalized spacial score (nSPS) is 11.3. The van der Waals surface area contributed by atoms with Crippen molar-refractivity contribution >= 4 is 10.9 Å². The van der Waals surface area contributed by atoms with Crippen LogP contribution in [0.4, 0.5) is 0 Å². The molecule has 4 aromatic rings. The molecule has 0 N–H and O–H groups in total. The number of benzene rings is 3. The summed E-state index contributed by atoms with van der Waals surface area (Å²) in [4.78, 5) is 4.97. The van der Waals surface area contributed by atoms with Crippen molar-refractivity contribution < 1.29 is 0 Å². The van der Waals surface area contributed by atoms with E-state index in [0.717, 1.165) is 17.6 Å². The van der Waals surface area contributed by atoms with E-state index in [4.69, 9.17) is 4.98 Å². The van der Waals surface area contributed by atoms with Crippen LogP contribution in [-0.4, -0.2) is 4.98 Å². The van der Waals surface area contributed by atoms with E-state index in [1.807, 2.05) is 0 Å². The van der Waals surface area contributed by atoms with Gasteiger partial charge in [-0.15, -0.1) is 0 Å². The lowest BCUT2D eigenvalue weighted by atomic mass is 9.95. The Morgan fingerprint density at radius 1 is 0.750 bits per heavy atom. The van der Waals surface area contributed by atoms with Crippen LogP contribution in [0.5, 0.6) is 0 Å². The molecule has 0 atom stereocenters. The minimum Gasteiger partial charge on any atom is -0.248 e. The van der Waals surface area contributed by atoms with Crippen LogP contribution in [0.2, 0.25) is 0 Å². The standard InChI is InChI=1S/C27H27N/c1-18(2)13-21-9-11-22(12-10-21)25-17-27(23-15-19(3)14-20(4)16-23)28-26-8-6-5-7-24(25)26/h5-12,14-18H,13H2,1-4H3. The Morgan fingerprint density at radius 2 is 1.43 bits per heavy atom. The monoisotopic (exact) mass is 365 g/mol. The van der Waals surface area contributed by atoms with E-state index in [9.17, 15) is 0 Å². The van der Waals surface area contributed by atoms with Crippen LogP contribution in [0.3, 0.4) is 0 Å². The number of aryl methyl sites for hydroxylation is 2. The van der Waals surface area contributed by atoms with Crippen molar-refractivity contribution in [2.75, 3.05) is 0 Å². The molecule has 0 aliphatic rings. The molecule has 0 saturated heterocycles. The number of hydrogen-bond donors (Lipinski definition) is 0. The highest BCUT2D eigenvalue weighted by Crippen LogP contribution is 2.33. The second-order valence-corrected chi connectivity index (χ2v) is 8.24. The Balaban J connectivity index is 1.87. The van der Waals surface area contributed by atoms with Crippen LogP contribution in [-0.2, 0) is 6.42 Å². The molecule has 0 aliphatic carbocycles. The Labute approximate surface area is 168 Å². The number of aromatic nitrogens is 1. The van der Waals surface area contributed by atoms with Gasteiger partial charge < -0.3 is 0 Å².